The van der Waals surface area contributed by atoms with Gasteiger partial charge in [-0.15, -0.1) is 11.3 Å². The van der Waals surface area contributed by atoms with Crippen LogP contribution in [0.2, 0.25) is 0 Å². The van der Waals surface area contributed by atoms with Crippen LogP contribution in [0.25, 0.3) is 0 Å². The van der Waals surface area contributed by atoms with Gasteiger partial charge in [-0.05, 0) is 46.6 Å². The van der Waals surface area contributed by atoms with E-state index < -0.39 is 10.0 Å². The SMILES string of the molecule is Cc1cc(S(=O)(=O)N2CCC(=O)Nc3cccnc32)sc1Br. The number of sulfonamides is 1. The molecule has 3 rings (SSSR count). The first-order valence-electron chi connectivity index (χ1n) is 6.43. The Morgan fingerprint density at radius 1 is 1.45 bits per heavy atom. The fourth-order valence-corrected chi connectivity index (χ4v) is 5.90. The predicted molar refractivity (Wildman–Crippen MR) is 88.8 cm³/mol. The van der Waals surface area contributed by atoms with E-state index in [9.17, 15) is 13.2 Å². The van der Waals surface area contributed by atoms with Crippen LogP contribution in [0.15, 0.2) is 32.4 Å². The van der Waals surface area contributed by atoms with Crippen molar-refractivity contribution in [1.29, 1.82) is 0 Å². The second-order valence-electron chi connectivity index (χ2n) is 4.77. The van der Waals surface area contributed by atoms with Gasteiger partial charge in [0, 0.05) is 19.2 Å². The largest absolute Gasteiger partial charge is 0.323 e. The standard InChI is InChI=1S/C13H12BrN3O3S2/c1-8-7-11(21-12(8)14)22(19,20)17-6-4-10(18)16-9-3-2-5-15-13(9)17/h2-3,5,7H,4,6H2,1H3,(H,16,18). The number of hydrogen-bond donors (Lipinski definition) is 1. The van der Waals surface area contributed by atoms with Gasteiger partial charge in [-0.2, -0.15) is 0 Å². The van der Waals surface area contributed by atoms with Crippen LogP contribution in [0.1, 0.15) is 12.0 Å². The molecule has 1 aliphatic heterocycles. The molecular weight excluding hydrogens is 390 g/mol. The maximum Gasteiger partial charge on any atom is 0.275 e. The first kappa shape index (κ1) is 15.4. The lowest BCUT2D eigenvalue weighted by Crippen LogP contribution is -2.32. The maximum absolute atomic E-state index is 12.9. The maximum atomic E-state index is 12.9. The zero-order valence-corrected chi connectivity index (χ0v) is 14.8. The number of rotatable bonds is 2. The molecule has 0 saturated heterocycles. The normalized spacial score (nSPS) is 15.2. The Bertz CT molecular complexity index is 828. The lowest BCUT2D eigenvalue weighted by molar-refractivity contribution is -0.115. The highest BCUT2D eigenvalue weighted by Crippen LogP contribution is 2.36. The summed E-state index contributed by atoms with van der Waals surface area (Å²) in [6, 6.07) is 4.91. The number of hydrogen-bond acceptors (Lipinski definition) is 5. The van der Waals surface area contributed by atoms with Crippen molar-refractivity contribution in [2.45, 2.75) is 17.6 Å². The van der Waals surface area contributed by atoms with Crippen molar-refractivity contribution in [3.05, 3.63) is 33.7 Å². The van der Waals surface area contributed by atoms with E-state index in [-0.39, 0.29) is 28.9 Å². The highest BCUT2D eigenvalue weighted by Gasteiger charge is 2.32. The summed E-state index contributed by atoms with van der Waals surface area (Å²) in [4.78, 5) is 15.9. The van der Waals surface area contributed by atoms with E-state index in [0.717, 1.165) is 20.7 Å². The molecule has 6 nitrogen and oxygen atoms in total. The highest BCUT2D eigenvalue weighted by molar-refractivity contribution is 9.11. The van der Waals surface area contributed by atoms with Crippen LogP contribution in [0.5, 0.6) is 0 Å². The number of halogens is 1. The summed E-state index contributed by atoms with van der Waals surface area (Å²) in [5, 5.41) is 2.68. The zero-order valence-electron chi connectivity index (χ0n) is 11.5. The molecule has 0 bridgehead atoms. The van der Waals surface area contributed by atoms with Crippen LogP contribution < -0.4 is 9.62 Å². The summed E-state index contributed by atoms with van der Waals surface area (Å²) < 4.78 is 28.0. The van der Waals surface area contributed by atoms with E-state index in [0.29, 0.717) is 5.69 Å². The van der Waals surface area contributed by atoms with Gasteiger partial charge in [0.15, 0.2) is 5.82 Å². The second-order valence-corrected chi connectivity index (χ2v) is 9.23. The molecule has 0 spiro atoms. The number of fused-ring (bicyclic) bond motifs is 1. The van der Waals surface area contributed by atoms with E-state index in [4.69, 9.17) is 0 Å². The molecule has 0 radical (unpaired) electrons. The third-order valence-electron chi connectivity index (χ3n) is 3.22. The molecule has 22 heavy (non-hydrogen) atoms. The van der Waals surface area contributed by atoms with Gasteiger partial charge in [0.05, 0.1) is 9.47 Å². The van der Waals surface area contributed by atoms with Gasteiger partial charge in [0.2, 0.25) is 5.91 Å². The minimum atomic E-state index is -3.76. The van der Waals surface area contributed by atoms with Gasteiger partial charge in [-0.1, -0.05) is 0 Å². The number of pyridine rings is 1. The Balaban J connectivity index is 2.12. The van der Waals surface area contributed by atoms with Gasteiger partial charge < -0.3 is 5.32 Å². The fourth-order valence-electron chi connectivity index (χ4n) is 2.12. The summed E-state index contributed by atoms with van der Waals surface area (Å²) in [6.45, 7) is 1.89. The van der Waals surface area contributed by atoms with E-state index in [1.165, 1.54) is 10.5 Å². The quantitative estimate of drug-likeness (QED) is 0.838. The Hall–Kier alpha value is -1.45. The molecule has 0 saturated carbocycles. The average molecular weight is 402 g/mol. The van der Waals surface area contributed by atoms with Crippen molar-refractivity contribution in [3.8, 4) is 0 Å². The number of aromatic nitrogens is 1. The van der Waals surface area contributed by atoms with Gasteiger partial charge in [0.25, 0.3) is 10.0 Å². The van der Waals surface area contributed by atoms with Crippen LogP contribution in [-0.2, 0) is 14.8 Å². The molecule has 1 amide bonds. The molecule has 0 atom stereocenters. The number of thiophene rings is 1. The fraction of sp³-hybridized carbons (Fsp3) is 0.231. The van der Waals surface area contributed by atoms with E-state index in [1.807, 2.05) is 6.92 Å². The highest BCUT2D eigenvalue weighted by atomic mass is 79.9. The van der Waals surface area contributed by atoms with Crippen LogP contribution in [0.4, 0.5) is 11.5 Å². The minimum absolute atomic E-state index is 0.0622. The van der Waals surface area contributed by atoms with Crippen molar-refractivity contribution in [1.82, 2.24) is 4.98 Å². The van der Waals surface area contributed by atoms with Crippen molar-refractivity contribution in [2.75, 3.05) is 16.2 Å². The topological polar surface area (TPSA) is 79.4 Å². The van der Waals surface area contributed by atoms with Gasteiger partial charge in [-0.25, -0.2) is 17.7 Å². The van der Waals surface area contributed by atoms with Gasteiger partial charge in [-0.3, -0.25) is 4.79 Å². The Kier molecular flexibility index (Phi) is 3.96. The lowest BCUT2D eigenvalue weighted by atomic mass is 10.4. The summed E-state index contributed by atoms with van der Waals surface area (Å²) in [7, 11) is -3.76. The molecule has 3 heterocycles. The summed E-state index contributed by atoms with van der Waals surface area (Å²) in [5.74, 6) is 0.0195. The summed E-state index contributed by atoms with van der Waals surface area (Å²) >= 11 is 4.49. The van der Waals surface area contributed by atoms with Crippen molar-refractivity contribution in [3.63, 3.8) is 0 Å². The first-order chi connectivity index (χ1) is 10.4. The smallest absolute Gasteiger partial charge is 0.275 e. The number of carbonyl (C=O) groups excluding carboxylic acids is 1. The molecule has 2 aromatic heterocycles. The van der Waals surface area contributed by atoms with Crippen molar-refractivity contribution in [2.24, 2.45) is 0 Å². The first-order valence-corrected chi connectivity index (χ1v) is 9.48. The summed E-state index contributed by atoms with van der Waals surface area (Å²) in [6.07, 6.45) is 1.59. The summed E-state index contributed by atoms with van der Waals surface area (Å²) in [5.41, 5.74) is 1.26. The molecule has 2 aromatic rings. The van der Waals surface area contributed by atoms with Crippen LogP contribution >= 0.6 is 27.3 Å². The Labute approximate surface area is 140 Å². The van der Waals surface area contributed by atoms with Gasteiger partial charge >= 0.3 is 0 Å². The van der Waals surface area contributed by atoms with Crippen LogP contribution in [0.3, 0.4) is 0 Å². The average Bonchev–Trinajstić information content (AvgIpc) is 2.71. The van der Waals surface area contributed by atoms with E-state index in [2.05, 4.69) is 26.2 Å². The number of carbonyl (C=O) groups is 1. The second kappa shape index (κ2) is 5.64. The molecular formula is C13H12BrN3O3S2. The molecule has 0 fully saturated rings. The molecule has 1 aliphatic rings. The number of nitrogens with one attached hydrogen (secondary N) is 1. The van der Waals surface area contributed by atoms with Gasteiger partial charge in [0.1, 0.15) is 4.21 Å². The number of anilines is 2. The third-order valence-corrected chi connectivity index (χ3v) is 7.59. The Morgan fingerprint density at radius 3 is 2.91 bits per heavy atom. The lowest BCUT2D eigenvalue weighted by Gasteiger charge is -2.21. The van der Waals surface area contributed by atoms with Crippen LogP contribution in [0, 0.1) is 6.92 Å². The van der Waals surface area contributed by atoms with Crippen molar-refractivity contribution >= 4 is 54.7 Å². The molecule has 0 aliphatic carbocycles. The molecule has 1 N–H and O–H groups in total. The van der Waals surface area contributed by atoms with E-state index >= 15 is 0 Å². The number of aryl methyl sites for hydroxylation is 1. The molecule has 0 unspecified atom stereocenters. The number of amides is 1. The predicted octanol–water partition coefficient (Wildman–Crippen LogP) is 2.75. The molecule has 116 valence electrons. The van der Waals surface area contributed by atoms with Crippen LogP contribution in [-0.4, -0.2) is 25.9 Å². The monoisotopic (exact) mass is 401 g/mol. The molecule has 0 aromatic carbocycles. The minimum Gasteiger partial charge on any atom is -0.323 e. The van der Waals surface area contributed by atoms with Crippen molar-refractivity contribution < 1.29 is 13.2 Å². The Morgan fingerprint density at radius 2 is 2.23 bits per heavy atom. The van der Waals surface area contributed by atoms with E-state index in [1.54, 1.807) is 18.2 Å². The third kappa shape index (κ3) is 2.64. The number of nitrogens with zero attached hydrogens (tertiary/aromatic N) is 2. The molecule has 9 heteroatoms. The zero-order chi connectivity index (χ0) is 15.9.